The smallest absolute Gasteiger partial charge is 0.201 e. The van der Waals surface area contributed by atoms with E-state index in [1.165, 1.54) is 5.56 Å². The molecule has 0 bridgehead atoms. The van der Waals surface area contributed by atoms with Crippen LogP contribution >= 0.6 is 0 Å². The summed E-state index contributed by atoms with van der Waals surface area (Å²) in [7, 11) is 1.75. The summed E-state index contributed by atoms with van der Waals surface area (Å²) in [6.45, 7) is 6.25. The molecule has 0 saturated heterocycles. The van der Waals surface area contributed by atoms with E-state index in [9.17, 15) is 0 Å². The Hall–Kier alpha value is -1.63. The largest absolute Gasteiger partial charge is 0.212 e. The van der Waals surface area contributed by atoms with Gasteiger partial charge in [-0.15, -0.1) is 0 Å². The van der Waals surface area contributed by atoms with E-state index >= 15 is 0 Å². The Morgan fingerprint density at radius 3 is 2.53 bits per heavy atom. The van der Waals surface area contributed by atoms with Gasteiger partial charge < -0.3 is 0 Å². The van der Waals surface area contributed by atoms with E-state index in [-0.39, 0.29) is 17.2 Å². The molecular weight excluding hydrogens is 230 g/mol. The molecule has 0 amide bonds. The van der Waals surface area contributed by atoms with Crippen LogP contribution in [0.4, 0.5) is 0 Å². The molecule has 1 heterocycles. The molecule has 0 saturated carbocycles. The van der Waals surface area contributed by atoms with Gasteiger partial charge in [-0.25, -0.2) is 4.57 Å². The lowest BCUT2D eigenvalue weighted by Gasteiger charge is -2.20. The molecule has 0 fully saturated rings. The average molecular weight is 258 g/mol. The van der Waals surface area contributed by atoms with Crippen LogP contribution in [0.3, 0.4) is 0 Å². The van der Waals surface area contributed by atoms with E-state index in [0.29, 0.717) is 0 Å². The highest BCUT2D eigenvalue weighted by Crippen LogP contribution is 2.28. The number of pyridine rings is 1. The first-order valence-electron chi connectivity index (χ1n) is 8.54. The van der Waals surface area contributed by atoms with Crippen molar-refractivity contribution in [1.29, 1.82) is 0 Å². The predicted octanol–water partition coefficient (Wildman–Crippen LogP) is 4.09. The number of aromatic nitrogens is 1. The molecule has 0 aliphatic carbocycles. The Kier molecular flexibility index (Phi) is 2.35. The lowest BCUT2D eigenvalue weighted by atomic mass is 9.85. The van der Waals surface area contributed by atoms with E-state index in [0.717, 1.165) is 16.8 Å². The second-order valence-electron chi connectivity index (χ2n) is 6.08. The van der Waals surface area contributed by atoms with Gasteiger partial charge in [0.1, 0.15) is 8.42 Å². The number of nitrogens with zero attached hydrogens (tertiary/aromatic N) is 1. The van der Waals surface area contributed by atoms with Gasteiger partial charge in [-0.2, -0.15) is 0 Å². The van der Waals surface area contributed by atoms with Crippen LogP contribution in [0, 0.1) is 13.8 Å². The summed E-state index contributed by atoms with van der Waals surface area (Å²) in [6.07, 6.45) is 0.0306. The van der Waals surface area contributed by atoms with Crippen molar-refractivity contribution in [3.63, 3.8) is 0 Å². The van der Waals surface area contributed by atoms with Gasteiger partial charge >= 0.3 is 0 Å². The first kappa shape index (κ1) is 9.30. The SMILES string of the molecule is [2H]c1c(C([2H])([2H])[2H])ccc(-c2cc(C(C)(C)C)ccc2C)[n+]1C. The third kappa shape index (κ3) is 2.86. The molecule has 2 rings (SSSR count). The minimum atomic E-state index is -2.27. The van der Waals surface area contributed by atoms with Crippen molar-refractivity contribution in [1.82, 2.24) is 0 Å². The second-order valence-corrected chi connectivity index (χ2v) is 6.08. The fourth-order valence-corrected chi connectivity index (χ4v) is 2.19. The Morgan fingerprint density at radius 1 is 1.16 bits per heavy atom. The van der Waals surface area contributed by atoms with Crippen molar-refractivity contribution in [2.24, 2.45) is 7.05 Å². The molecule has 1 aromatic heterocycles. The van der Waals surface area contributed by atoms with Crippen molar-refractivity contribution in [2.75, 3.05) is 0 Å². The zero-order chi connectivity index (χ0) is 17.6. The molecule has 0 unspecified atom stereocenters. The van der Waals surface area contributed by atoms with Crippen LogP contribution < -0.4 is 4.57 Å². The van der Waals surface area contributed by atoms with Crippen molar-refractivity contribution in [3.8, 4) is 11.3 Å². The zero-order valence-corrected chi connectivity index (χ0v) is 12.3. The molecule has 0 radical (unpaired) electrons. The van der Waals surface area contributed by atoms with Gasteiger partial charge in [0.05, 0.1) is 0 Å². The maximum absolute atomic E-state index is 8.19. The highest BCUT2D eigenvalue weighted by molar-refractivity contribution is 5.62. The molecule has 0 atom stereocenters. The van der Waals surface area contributed by atoms with Gasteiger partial charge in [0.2, 0.25) is 5.69 Å². The van der Waals surface area contributed by atoms with Crippen LogP contribution in [0.5, 0.6) is 0 Å². The number of hydrogen-bond donors (Lipinski definition) is 0. The van der Waals surface area contributed by atoms with Gasteiger partial charge in [-0.1, -0.05) is 32.9 Å². The van der Waals surface area contributed by atoms with Gasteiger partial charge in [0.15, 0.2) is 6.17 Å². The molecule has 1 aromatic carbocycles. The van der Waals surface area contributed by atoms with E-state index in [1.54, 1.807) is 23.7 Å². The third-order valence-corrected chi connectivity index (χ3v) is 3.44. The molecule has 1 heteroatoms. The monoisotopic (exact) mass is 258 g/mol. The Bertz CT molecular complexity index is 740. The summed E-state index contributed by atoms with van der Waals surface area (Å²) in [5.74, 6) is 0. The van der Waals surface area contributed by atoms with Gasteiger partial charge in [-0.05, 0) is 42.5 Å². The first-order chi connectivity index (χ1) is 10.4. The molecule has 0 N–H and O–H groups in total. The standard InChI is InChI=1S/C18H24N/c1-13-7-10-17(19(6)12-13)16-11-15(18(3,4)5)9-8-14(16)2/h7-12H,1-6H3/q+1/i1D3,12D. The van der Waals surface area contributed by atoms with E-state index < -0.39 is 6.85 Å². The Morgan fingerprint density at radius 2 is 1.89 bits per heavy atom. The highest BCUT2D eigenvalue weighted by atomic mass is 14.9. The van der Waals surface area contributed by atoms with E-state index in [4.69, 9.17) is 5.48 Å². The van der Waals surface area contributed by atoms with Crippen LogP contribution in [0.2, 0.25) is 0 Å². The first-order valence-corrected chi connectivity index (χ1v) is 6.54. The molecular formula is C18H24N+. The van der Waals surface area contributed by atoms with Crippen LogP contribution in [-0.2, 0) is 12.5 Å². The molecule has 19 heavy (non-hydrogen) atoms. The number of rotatable bonds is 1. The molecule has 2 aromatic rings. The maximum Gasteiger partial charge on any atom is 0.212 e. The van der Waals surface area contributed by atoms with Gasteiger partial charge in [-0.3, -0.25) is 0 Å². The normalized spacial score (nSPS) is 15.4. The lowest BCUT2D eigenvalue weighted by molar-refractivity contribution is -0.660. The number of aryl methyl sites for hydroxylation is 2. The van der Waals surface area contributed by atoms with Crippen molar-refractivity contribution in [2.45, 2.75) is 40.0 Å². The summed E-state index contributed by atoms with van der Waals surface area (Å²) in [4.78, 5) is 0. The minimum absolute atomic E-state index is 0.0306. The van der Waals surface area contributed by atoms with Crippen molar-refractivity contribution >= 4 is 0 Å². The zero-order valence-electron chi connectivity index (χ0n) is 16.3. The van der Waals surface area contributed by atoms with E-state index in [2.05, 4.69) is 39.0 Å². The number of hydrogen-bond acceptors (Lipinski definition) is 0. The summed E-state index contributed by atoms with van der Waals surface area (Å²) < 4.78 is 32.5. The van der Waals surface area contributed by atoms with Crippen LogP contribution in [-0.4, -0.2) is 0 Å². The summed E-state index contributed by atoms with van der Waals surface area (Å²) in [5, 5.41) is 0. The van der Waals surface area contributed by atoms with Crippen molar-refractivity contribution < 1.29 is 10.1 Å². The Balaban J connectivity index is 2.67. The fraction of sp³-hybridized carbons (Fsp3) is 0.389. The van der Waals surface area contributed by atoms with Crippen LogP contribution in [0.1, 0.15) is 42.9 Å². The highest BCUT2D eigenvalue weighted by Gasteiger charge is 2.18. The van der Waals surface area contributed by atoms with Gasteiger partial charge in [0.25, 0.3) is 0 Å². The molecule has 0 spiro atoms. The lowest BCUT2D eigenvalue weighted by Crippen LogP contribution is -2.31. The second kappa shape index (κ2) is 4.80. The van der Waals surface area contributed by atoms with E-state index in [1.807, 2.05) is 6.92 Å². The summed E-state index contributed by atoms with van der Waals surface area (Å²) >= 11 is 0. The predicted molar refractivity (Wildman–Crippen MR) is 81.2 cm³/mol. The average Bonchev–Trinajstić information content (AvgIpc) is 2.40. The van der Waals surface area contributed by atoms with Gasteiger partial charge in [0, 0.05) is 21.3 Å². The quantitative estimate of drug-likeness (QED) is 0.678. The summed E-state index contributed by atoms with van der Waals surface area (Å²) in [5.41, 5.74) is 4.31. The topological polar surface area (TPSA) is 3.88 Å². The van der Waals surface area contributed by atoms with Crippen LogP contribution in [0.25, 0.3) is 11.3 Å². The number of benzene rings is 1. The molecule has 1 nitrogen and oxygen atoms in total. The van der Waals surface area contributed by atoms with Crippen molar-refractivity contribution in [3.05, 3.63) is 53.2 Å². The fourth-order valence-electron chi connectivity index (χ4n) is 2.19. The minimum Gasteiger partial charge on any atom is -0.201 e. The Labute approximate surface area is 122 Å². The maximum atomic E-state index is 8.19. The molecule has 100 valence electrons. The third-order valence-electron chi connectivity index (χ3n) is 3.44. The molecule has 0 aliphatic heterocycles. The van der Waals surface area contributed by atoms with Crippen LogP contribution in [0.15, 0.2) is 36.5 Å². The summed E-state index contributed by atoms with van der Waals surface area (Å²) in [6, 6.07) is 9.69. The molecule has 0 aliphatic rings.